The summed E-state index contributed by atoms with van der Waals surface area (Å²) in [5.41, 5.74) is 13.1. The Morgan fingerprint density at radius 3 is 1.88 bits per heavy atom. The normalized spacial score (nSPS) is 11.6. The van der Waals surface area contributed by atoms with E-state index < -0.39 is 0 Å². The molecule has 0 aliphatic rings. The van der Waals surface area contributed by atoms with Gasteiger partial charge in [0.05, 0.1) is 5.69 Å². The molecule has 0 aliphatic carbocycles. The summed E-state index contributed by atoms with van der Waals surface area (Å²) in [5, 5.41) is 0. The van der Waals surface area contributed by atoms with Crippen LogP contribution in [0.3, 0.4) is 0 Å². The Labute approximate surface area is 199 Å². The highest BCUT2D eigenvalue weighted by molar-refractivity contribution is 5.72. The van der Waals surface area contributed by atoms with E-state index in [4.69, 9.17) is 0 Å². The van der Waals surface area contributed by atoms with Crippen LogP contribution in [0.25, 0.3) is 28.2 Å². The highest BCUT2D eigenvalue weighted by Gasteiger charge is 2.24. The van der Waals surface area contributed by atoms with Crippen LogP contribution >= 0.6 is 0 Å². The molecule has 2 heteroatoms. The maximum Gasteiger partial charge on any atom is 0.229 e. The minimum absolute atomic E-state index is 0.408. The predicted molar refractivity (Wildman–Crippen MR) is 140 cm³/mol. The summed E-state index contributed by atoms with van der Waals surface area (Å²) in [6.45, 7) is 15.8. The van der Waals surface area contributed by atoms with Crippen molar-refractivity contribution in [1.29, 1.82) is 0 Å². The van der Waals surface area contributed by atoms with Gasteiger partial charge in [0, 0.05) is 17.8 Å². The molecule has 0 atom stereocenters. The Hall–Kier alpha value is -3.13. The van der Waals surface area contributed by atoms with Crippen LogP contribution in [-0.2, 0) is 7.05 Å². The Bertz CT molecular complexity index is 1260. The Kier molecular flexibility index (Phi) is 6.30. The summed E-state index contributed by atoms with van der Waals surface area (Å²) in [4.78, 5) is 0. The molecule has 4 rings (SSSR count). The van der Waals surface area contributed by atoms with E-state index in [9.17, 15) is 0 Å². The van der Waals surface area contributed by atoms with Gasteiger partial charge in [-0.25, -0.2) is 0 Å². The minimum Gasteiger partial charge on any atom is -0.311 e. The average Bonchev–Trinajstić information content (AvgIpc) is 3.16. The third-order valence-corrected chi connectivity index (χ3v) is 6.83. The summed E-state index contributed by atoms with van der Waals surface area (Å²) < 4.78 is 4.71. The van der Waals surface area contributed by atoms with Gasteiger partial charge in [0.2, 0.25) is 5.69 Å². The zero-order chi connectivity index (χ0) is 23.9. The van der Waals surface area contributed by atoms with E-state index in [1.165, 1.54) is 56.0 Å². The van der Waals surface area contributed by atoms with Gasteiger partial charge >= 0.3 is 0 Å². The average molecular weight is 438 g/mol. The van der Waals surface area contributed by atoms with E-state index in [2.05, 4.69) is 132 Å². The zero-order valence-electron chi connectivity index (χ0n) is 21.4. The quantitative estimate of drug-likeness (QED) is 0.282. The molecule has 2 aromatic carbocycles. The van der Waals surface area contributed by atoms with Gasteiger partial charge in [0.15, 0.2) is 6.20 Å². The lowest BCUT2D eigenvalue weighted by molar-refractivity contribution is -0.661. The first-order valence-electron chi connectivity index (χ1n) is 12.1. The van der Waals surface area contributed by atoms with Crippen LogP contribution in [0, 0.1) is 20.8 Å². The van der Waals surface area contributed by atoms with Crippen molar-refractivity contribution in [3.63, 3.8) is 0 Å². The number of aromatic nitrogens is 2. The van der Waals surface area contributed by atoms with Crippen LogP contribution in [-0.4, -0.2) is 4.57 Å². The summed E-state index contributed by atoms with van der Waals surface area (Å²) >= 11 is 0. The summed E-state index contributed by atoms with van der Waals surface area (Å²) in [5.74, 6) is 0.815. The number of benzene rings is 2. The van der Waals surface area contributed by atoms with E-state index in [-0.39, 0.29) is 0 Å². The van der Waals surface area contributed by atoms with E-state index in [1.807, 2.05) is 0 Å². The number of hydrogen-bond acceptors (Lipinski definition) is 0. The molecule has 0 fully saturated rings. The molecular formula is C31H37N2+. The standard InChI is InChI=1S/C31H37N2/c1-20(2)27-17-26(25-12-10-9-11-13-25)18-28(21(3)4)31(27)33-15-14-22(5)30(33)29-16-23(6)24(7)19-32(29)8/h9-21H,1-8H3/q+1. The number of rotatable bonds is 5. The van der Waals surface area contributed by atoms with E-state index >= 15 is 0 Å². The van der Waals surface area contributed by atoms with E-state index in [0.717, 1.165) is 0 Å². The highest BCUT2D eigenvalue weighted by Crippen LogP contribution is 2.38. The van der Waals surface area contributed by atoms with Crippen LogP contribution in [0.5, 0.6) is 0 Å². The molecule has 2 heterocycles. The largest absolute Gasteiger partial charge is 0.311 e. The Balaban J connectivity index is 2.04. The number of aryl methyl sites for hydroxylation is 4. The zero-order valence-corrected chi connectivity index (χ0v) is 21.4. The Morgan fingerprint density at radius 1 is 0.697 bits per heavy atom. The molecule has 0 unspecified atom stereocenters. The van der Waals surface area contributed by atoms with Crippen molar-refractivity contribution in [3.05, 3.63) is 94.8 Å². The molecular weight excluding hydrogens is 400 g/mol. The number of nitrogens with zero attached hydrogens (tertiary/aromatic N) is 2. The van der Waals surface area contributed by atoms with Gasteiger partial charge < -0.3 is 4.57 Å². The van der Waals surface area contributed by atoms with Crippen molar-refractivity contribution in [2.45, 2.75) is 60.3 Å². The topological polar surface area (TPSA) is 8.81 Å². The summed E-state index contributed by atoms with van der Waals surface area (Å²) in [7, 11) is 2.16. The molecule has 0 bridgehead atoms. The molecule has 33 heavy (non-hydrogen) atoms. The molecule has 0 saturated carbocycles. The second-order valence-corrected chi connectivity index (χ2v) is 10.0. The molecule has 0 radical (unpaired) electrons. The van der Waals surface area contributed by atoms with Gasteiger partial charge in [-0.15, -0.1) is 0 Å². The fraction of sp³-hybridized carbons (Fsp3) is 0.323. The molecule has 2 aromatic heterocycles. The molecule has 170 valence electrons. The third-order valence-electron chi connectivity index (χ3n) is 6.83. The minimum atomic E-state index is 0.408. The van der Waals surface area contributed by atoms with Crippen molar-refractivity contribution in [3.8, 4) is 28.2 Å². The van der Waals surface area contributed by atoms with Gasteiger partial charge in [-0.05, 0) is 84.2 Å². The van der Waals surface area contributed by atoms with Crippen LogP contribution in [0.2, 0.25) is 0 Å². The number of pyridine rings is 1. The van der Waals surface area contributed by atoms with Crippen molar-refractivity contribution >= 4 is 0 Å². The summed E-state index contributed by atoms with van der Waals surface area (Å²) in [6, 6.07) is 20.2. The first-order chi connectivity index (χ1) is 15.7. The first kappa shape index (κ1) is 23.0. The molecule has 0 spiro atoms. The van der Waals surface area contributed by atoms with E-state index in [1.54, 1.807) is 0 Å². The maximum absolute atomic E-state index is 2.44. The predicted octanol–water partition coefficient (Wildman–Crippen LogP) is 7.81. The van der Waals surface area contributed by atoms with Gasteiger partial charge in [-0.3, -0.25) is 0 Å². The smallest absolute Gasteiger partial charge is 0.229 e. The Morgan fingerprint density at radius 2 is 1.30 bits per heavy atom. The second-order valence-electron chi connectivity index (χ2n) is 10.0. The van der Waals surface area contributed by atoms with Crippen LogP contribution in [0.4, 0.5) is 0 Å². The molecule has 0 saturated heterocycles. The van der Waals surface area contributed by atoms with Gasteiger partial charge in [-0.1, -0.05) is 58.0 Å². The molecule has 0 N–H and O–H groups in total. The van der Waals surface area contributed by atoms with Crippen molar-refractivity contribution in [2.75, 3.05) is 0 Å². The fourth-order valence-electron chi connectivity index (χ4n) is 4.80. The third kappa shape index (κ3) is 4.27. The van der Waals surface area contributed by atoms with Crippen LogP contribution in [0.15, 0.2) is 67.0 Å². The lowest BCUT2D eigenvalue weighted by atomic mass is 9.88. The molecule has 2 nitrogen and oxygen atoms in total. The van der Waals surface area contributed by atoms with Crippen LogP contribution < -0.4 is 4.57 Å². The monoisotopic (exact) mass is 437 g/mol. The van der Waals surface area contributed by atoms with Crippen molar-refractivity contribution < 1.29 is 4.57 Å². The lowest BCUT2D eigenvalue weighted by Gasteiger charge is -2.24. The lowest BCUT2D eigenvalue weighted by Crippen LogP contribution is -2.32. The number of hydrogen-bond donors (Lipinski definition) is 0. The first-order valence-corrected chi connectivity index (χ1v) is 12.1. The maximum atomic E-state index is 2.44. The molecule has 0 amide bonds. The fourth-order valence-corrected chi connectivity index (χ4v) is 4.80. The van der Waals surface area contributed by atoms with Gasteiger partial charge in [-0.2, -0.15) is 4.57 Å². The van der Waals surface area contributed by atoms with Gasteiger partial charge in [0.25, 0.3) is 0 Å². The SMILES string of the molecule is Cc1cc(-c2c(C)ccn2-c2c(C(C)C)cc(-c3ccccc3)cc2C(C)C)[n+](C)cc1C. The molecule has 0 aliphatic heterocycles. The molecule has 4 aromatic rings. The van der Waals surface area contributed by atoms with Crippen molar-refractivity contribution in [1.82, 2.24) is 4.57 Å². The van der Waals surface area contributed by atoms with E-state index in [0.29, 0.717) is 11.8 Å². The highest BCUT2D eigenvalue weighted by atomic mass is 15.0. The van der Waals surface area contributed by atoms with Crippen LogP contribution in [0.1, 0.15) is 67.3 Å². The summed E-state index contributed by atoms with van der Waals surface area (Å²) in [6.07, 6.45) is 4.50. The van der Waals surface area contributed by atoms with Gasteiger partial charge in [0.1, 0.15) is 12.7 Å². The second kappa shape index (κ2) is 9.02. The van der Waals surface area contributed by atoms with Crippen molar-refractivity contribution in [2.24, 2.45) is 7.05 Å².